The average Bonchev–Trinajstić information content (AvgIpc) is 3.35. The smallest absolute Gasteiger partial charge is 0.253 e. The zero-order valence-electron chi connectivity index (χ0n) is 15.6. The molecule has 148 valence electrons. The molecule has 4 heterocycles. The van der Waals surface area contributed by atoms with Crippen LogP contribution in [0.2, 0.25) is 5.02 Å². The second-order valence-electron chi connectivity index (χ2n) is 7.29. The molecule has 2 aromatic heterocycles. The summed E-state index contributed by atoms with van der Waals surface area (Å²) in [6.45, 7) is 1.83. The zero-order chi connectivity index (χ0) is 19.8. The van der Waals surface area contributed by atoms with E-state index in [0.717, 1.165) is 43.0 Å². The molecule has 2 aliphatic rings. The molecule has 1 fully saturated rings. The van der Waals surface area contributed by atoms with Crippen molar-refractivity contribution in [2.45, 2.75) is 25.7 Å². The number of hydrogen-bond acceptors (Lipinski definition) is 6. The molecule has 0 saturated carbocycles. The van der Waals surface area contributed by atoms with Gasteiger partial charge >= 0.3 is 0 Å². The maximum absolute atomic E-state index is 12.3. The summed E-state index contributed by atoms with van der Waals surface area (Å²) in [5.74, 6) is 1.63. The van der Waals surface area contributed by atoms with Gasteiger partial charge in [-0.1, -0.05) is 23.7 Å². The number of amides is 1. The van der Waals surface area contributed by atoms with Crippen molar-refractivity contribution in [2.24, 2.45) is 10.9 Å². The van der Waals surface area contributed by atoms with E-state index in [0.29, 0.717) is 28.8 Å². The Hall–Kier alpha value is -2.84. The third kappa shape index (κ3) is 3.61. The van der Waals surface area contributed by atoms with Crippen LogP contribution in [-0.4, -0.2) is 44.8 Å². The highest BCUT2D eigenvalue weighted by atomic mass is 35.5. The van der Waals surface area contributed by atoms with E-state index in [4.69, 9.17) is 16.0 Å². The molecule has 0 radical (unpaired) electrons. The fourth-order valence-electron chi connectivity index (χ4n) is 3.88. The van der Waals surface area contributed by atoms with Gasteiger partial charge in [0.1, 0.15) is 5.84 Å². The van der Waals surface area contributed by atoms with Gasteiger partial charge in [0.15, 0.2) is 0 Å². The van der Waals surface area contributed by atoms with E-state index in [1.54, 1.807) is 10.9 Å². The van der Waals surface area contributed by atoms with Gasteiger partial charge in [0.2, 0.25) is 5.89 Å². The maximum atomic E-state index is 12.3. The summed E-state index contributed by atoms with van der Waals surface area (Å²) in [5.41, 5.74) is 2.43. The lowest BCUT2D eigenvalue weighted by Crippen LogP contribution is -2.38. The minimum absolute atomic E-state index is 0.161. The number of carbonyl (C=O) groups is 1. The molecular formula is C20H19ClN6O2. The number of carbonyl (C=O) groups excluding carboxylic acids is 1. The van der Waals surface area contributed by atoms with E-state index in [9.17, 15) is 4.79 Å². The van der Waals surface area contributed by atoms with Gasteiger partial charge < -0.3 is 9.73 Å². The molecule has 3 aromatic rings. The molecule has 29 heavy (non-hydrogen) atoms. The van der Waals surface area contributed by atoms with Crippen molar-refractivity contribution in [1.29, 1.82) is 0 Å². The van der Waals surface area contributed by atoms with Crippen LogP contribution in [0, 0.1) is 5.92 Å². The predicted octanol–water partition coefficient (Wildman–Crippen LogP) is 2.51. The Labute approximate surface area is 172 Å². The molecule has 5 rings (SSSR count). The number of benzene rings is 1. The Balaban J connectivity index is 1.44. The second kappa shape index (κ2) is 7.53. The van der Waals surface area contributed by atoms with Gasteiger partial charge in [0.05, 0.1) is 30.3 Å². The number of nitrogens with zero attached hydrogens (tertiary/aromatic N) is 5. The molecule has 1 saturated heterocycles. The van der Waals surface area contributed by atoms with Crippen molar-refractivity contribution in [3.63, 3.8) is 0 Å². The molecular weight excluding hydrogens is 392 g/mol. The first kappa shape index (κ1) is 18.2. The molecule has 1 aromatic carbocycles. The van der Waals surface area contributed by atoms with Crippen LogP contribution < -0.4 is 5.32 Å². The highest BCUT2D eigenvalue weighted by molar-refractivity contribution is 6.30. The lowest BCUT2D eigenvalue weighted by Gasteiger charge is -2.26. The minimum atomic E-state index is -0.161. The van der Waals surface area contributed by atoms with Crippen LogP contribution in [0.15, 0.2) is 39.9 Å². The van der Waals surface area contributed by atoms with E-state index >= 15 is 0 Å². The zero-order valence-corrected chi connectivity index (χ0v) is 16.4. The van der Waals surface area contributed by atoms with Crippen LogP contribution >= 0.6 is 11.6 Å². The summed E-state index contributed by atoms with van der Waals surface area (Å²) in [6.07, 6.45) is 4.21. The van der Waals surface area contributed by atoms with Gasteiger partial charge in [0.25, 0.3) is 11.8 Å². The number of rotatable bonds is 4. The van der Waals surface area contributed by atoms with Gasteiger partial charge in [-0.3, -0.25) is 4.79 Å². The number of halogens is 1. The minimum Gasteiger partial charge on any atom is -0.420 e. The van der Waals surface area contributed by atoms with Gasteiger partial charge in [-0.2, -0.15) is 10.1 Å². The molecule has 1 N–H and O–H groups in total. The standard InChI is InChI=1S/C20H19ClN6O2/c21-14-3-1-2-12(8-14)9-18-25-26-20(29-18)15-11-23-27-16(15)10-17(28)24-19(27)13-4-6-22-7-5-13/h1-3,8,11,13,22H,4-7,9-10H2. The molecule has 0 bridgehead atoms. The summed E-state index contributed by atoms with van der Waals surface area (Å²) >= 11 is 6.04. The van der Waals surface area contributed by atoms with E-state index in [2.05, 4.69) is 25.6 Å². The molecule has 1 amide bonds. The summed E-state index contributed by atoms with van der Waals surface area (Å²) < 4.78 is 7.66. The number of piperidine rings is 1. The van der Waals surface area contributed by atoms with Crippen molar-refractivity contribution in [2.75, 3.05) is 13.1 Å². The molecule has 2 aliphatic heterocycles. The van der Waals surface area contributed by atoms with E-state index in [-0.39, 0.29) is 18.2 Å². The van der Waals surface area contributed by atoms with E-state index in [1.165, 1.54) is 0 Å². The van der Waals surface area contributed by atoms with Crippen LogP contribution in [0.5, 0.6) is 0 Å². The van der Waals surface area contributed by atoms with Crippen LogP contribution in [0.4, 0.5) is 0 Å². The molecule has 0 atom stereocenters. The maximum Gasteiger partial charge on any atom is 0.253 e. The first-order valence-corrected chi connectivity index (χ1v) is 10.0. The number of aliphatic imine (C=N–C) groups is 1. The second-order valence-corrected chi connectivity index (χ2v) is 7.73. The third-order valence-electron chi connectivity index (χ3n) is 5.29. The monoisotopic (exact) mass is 410 g/mol. The SMILES string of the molecule is O=C1Cc2c(-c3nnc(Cc4cccc(Cl)c4)o3)cnn2C(C2CCNCC2)=N1. The highest BCUT2D eigenvalue weighted by Gasteiger charge is 2.31. The topological polar surface area (TPSA) is 98.2 Å². The fraction of sp³-hybridized carbons (Fsp3) is 0.350. The van der Waals surface area contributed by atoms with E-state index in [1.807, 2.05) is 24.3 Å². The molecule has 8 nitrogen and oxygen atoms in total. The fourth-order valence-corrected chi connectivity index (χ4v) is 4.09. The lowest BCUT2D eigenvalue weighted by molar-refractivity contribution is -0.117. The Morgan fingerprint density at radius 2 is 2.10 bits per heavy atom. The summed E-state index contributed by atoms with van der Waals surface area (Å²) in [5, 5.41) is 16.8. The van der Waals surface area contributed by atoms with Crippen molar-refractivity contribution >= 4 is 23.3 Å². The number of nitrogens with one attached hydrogen (secondary N) is 1. The first-order valence-electron chi connectivity index (χ1n) is 9.64. The average molecular weight is 411 g/mol. The van der Waals surface area contributed by atoms with Gasteiger partial charge in [-0.15, -0.1) is 10.2 Å². The number of hydrogen-bond donors (Lipinski definition) is 1. The summed E-state index contributed by atoms with van der Waals surface area (Å²) in [7, 11) is 0. The van der Waals surface area contributed by atoms with Gasteiger partial charge in [-0.25, -0.2) is 4.68 Å². The Kier molecular flexibility index (Phi) is 4.73. The molecule has 0 unspecified atom stereocenters. The van der Waals surface area contributed by atoms with Crippen molar-refractivity contribution in [3.8, 4) is 11.5 Å². The normalized spacial score (nSPS) is 17.3. The quantitative estimate of drug-likeness (QED) is 0.709. The van der Waals surface area contributed by atoms with Crippen LogP contribution in [0.3, 0.4) is 0 Å². The van der Waals surface area contributed by atoms with Crippen LogP contribution in [0.25, 0.3) is 11.5 Å². The first-order chi connectivity index (χ1) is 14.2. The summed E-state index contributed by atoms with van der Waals surface area (Å²) in [4.78, 5) is 16.6. The Bertz CT molecular complexity index is 1100. The largest absolute Gasteiger partial charge is 0.420 e. The lowest BCUT2D eigenvalue weighted by atomic mass is 9.95. The van der Waals surface area contributed by atoms with Crippen LogP contribution in [0.1, 0.15) is 30.0 Å². The highest BCUT2D eigenvalue weighted by Crippen LogP contribution is 2.28. The predicted molar refractivity (Wildman–Crippen MR) is 107 cm³/mol. The van der Waals surface area contributed by atoms with Gasteiger partial charge in [0, 0.05) is 10.9 Å². The molecule has 0 spiro atoms. The number of aromatic nitrogens is 4. The van der Waals surface area contributed by atoms with Crippen LogP contribution in [-0.2, 0) is 17.6 Å². The molecule has 9 heteroatoms. The Morgan fingerprint density at radius 3 is 2.93 bits per heavy atom. The Morgan fingerprint density at radius 1 is 1.24 bits per heavy atom. The van der Waals surface area contributed by atoms with Crippen molar-refractivity contribution in [1.82, 2.24) is 25.3 Å². The molecule has 0 aliphatic carbocycles. The third-order valence-corrected chi connectivity index (χ3v) is 5.52. The van der Waals surface area contributed by atoms with Crippen molar-refractivity contribution < 1.29 is 9.21 Å². The van der Waals surface area contributed by atoms with E-state index < -0.39 is 0 Å². The number of fused-ring (bicyclic) bond motifs is 1. The van der Waals surface area contributed by atoms with Gasteiger partial charge in [-0.05, 0) is 43.6 Å². The van der Waals surface area contributed by atoms with Crippen molar-refractivity contribution in [3.05, 3.63) is 52.6 Å². The summed E-state index contributed by atoms with van der Waals surface area (Å²) in [6, 6.07) is 7.53.